The van der Waals surface area contributed by atoms with Gasteiger partial charge in [0.05, 0.1) is 76.7 Å². The van der Waals surface area contributed by atoms with Crippen molar-refractivity contribution in [2.24, 2.45) is 28.8 Å². The standard InChI is InChI=1S/C52H65N5O12/c1-26-13-12-14-27(2)51(65)55-42-37(22-54-57-28(3)23-56(24-29(57)4)25-36-17-15-35(21-53)16-18-36)46(62)39-40(47(42)63)45(61)33(8)49-41(39)50(64)52(10,69-49)67-20-19-38(66-11)30(5)48(68-34(9)58)32(7)44(60)31(6)43(26)59/h12-20,22,26,28-32,38,43-44,48,59-63H,23-25H2,1-11H3,(H,55,65)/b13-12+,20-19+,27-14-,54-22-/t26-,28?,29?,30+,31+,32+,38-,43-,44+,48+,52-/m0/s1. The summed E-state index contributed by atoms with van der Waals surface area (Å²) in [6.07, 6.45) is 4.77. The fraction of sp³-hybridized carbons (Fsp3) is 0.481. The lowest BCUT2D eigenvalue weighted by atomic mass is 9.78. The first-order valence-corrected chi connectivity index (χ1v) is 23.2. The van der Waals surface area contributed by atoms with Crippen molar-refractivity contribution >= 4 is 40.3 Å². The van der Waals surface area contributed by atoms with E-state index in [9.17, 15) is 45.2 Å². The minimum Gasteiger partial charge on any atom is -0.507 e. The number of hydrogen-bond donors (Lipinski definition) is 6. The molecule has 1 fully saturated rings. The Labute approximate surface area is 402 Å². The highest BCUT2D eigenvalue weighted by Gasteiger charge is 2.50. The molecule has 0 aliphatic carbocycles. The Hall–Kier alpha value is -6.45. The van der Waals surface area contributed by atoms with Crippen molar-refractivity contribution in [1.29, 1.82) is 5.26 Å². The van der Waals surface area contributed by atoms with E-state index in [0.717, 1.165) is 5.56 Å². The third-order valence-electron chi connectivity index (χ3n) is 13.8. The van der Waals surface area contributed by atoms with E-state index >= 15 is 0 Å². The smallest absolute Gasteiger partial charge is 0.312 e. The summed E-state index contributed by atoms with van der Waals surface area (Å²) in [5.41, 5.74) is 1.14. The summed E-state index contributed by atoms with van der Waals surface area (Å²) >= 11 is 0. The SMILES string of the molecule is CO[C@H]1/C=C/O[C@@]2(C)Oc3c(C)c(O)c4c(O)c(c(/C=N\N5C(C)CN(Cc6ccc(C#N)cc6)CC5C)c(O)c4c3C2=O)NC(=O)/C(C)=C\C=C\[C@H](C)[C@H](O)[C@@H](C)[C@@H](O)[C@@H](C)[C@H](OC(C)=O)[C@@H]1C. The third kappa shape index (κ3) is 10.4. The molecule has 3 aromatic rings. The molecule has 4 heterocycles. The number of rotatable bonds is 6. The van der Waals surface area contributed by atoms with Crippen molar-refractivity contribution in [3.63, 3.8) is 0 Å². The zero-order valence-corrected chi connectivity index (χ0v) is 41.1. The molecule has 7 rings (SSSR count). The molecule has 11 atom stereocenters. The van der Waals surface area contributed by atoms with Gasteiger partial charge in [-0.1, -0.05) is 58.1 Å². The number of ether oxygens (including phenoxy) is 4. The van der Waals surface area contributed by atoms with Crippen molar-refractivity contribution < 1.29 is 58.9 Å². The van der Waals surface area contributed by atoms with Crippen LogP contribution in [-0.4, -0.2) is 122 Å². The number of benzene rings is 3. The number of nitrogens with zero attached hydrogens (tertiary/aromatic N) is 4. The fourth-order valence-electron chi connectivity index (χ4n) is 9.72. The summed E-state index contributed by atoms with van der Waals surface area (Å²) < 4.78 is 23.8. The summed E-state index contributed by atoms with van der Waals surface area (Å²) in [7, 11) is 1.43. The van der Waals surface area contributed by atoms with E-state index in [4.69, 9.17) is 24.0 Å². The van der Waals surface area contributed by atoms with Crippen LogP contribution in [0.1, 0.15) is 94.9 Å². The molecule has 1 saturated heterocycles. The number of methoxy groups -OCH3 is 1. The zero-order chi connectivity index (χ0) is 50.8. The number of esters is 1. The Balaban J connectivity index is 1.47. The van der Waals surface area contributed by atoms with Gasteiger partial charge in [-0.05, 0) is 51.5 Å². The first-order chi connectivity index (χ1) is 32.5. The number of hydrazone groups is 1. The number of allylic oxidation sites excluding steroid dienone is 2. The van der Waals surface area contributed by atoms with Crippen LogP contribution in [0.2, 0.25) is 0 Å². The van der Waals surface area contributed by atoms with Crippen molar-refractivity contribution in [2.45, 2.75) is 118 Å². The molecule has 0 aromatic heterocycles. The number of ketones is 1. The minimum atomic E-state index is -2.08. The van der Waals surface area contributed by atoms with Gasteiger partial charge in [0.25, 0.3) is 11.7 Å². The van der Waals surface area contributed by atoms with Gasteiger partial charge in [0.1, 0.15) is 23.4 Å². The van der Waals surface area contributed by atoms with Crippen LogP contribution in [0.15, 0.2) is 65.5 Å². The number of piperazine rings is 1. The molecule has 17 nitrogen and oxygen atoms in total. The number of fused-ring (bicyclic) bond motifs is 14. The van der Waals surface area contributed by atoms with Gasteiger partial charge in [0.2, 0.25) is 0 Å². The summed E-state index contributed by atoms with van der Waals surface area (Å²) in [4.78, 5) is 43.4. The number of nitrogens with one attached hydrogen (secondary N) is 1. The lowest BCUT2D eigenvalue weighted by Crippen LogP contribution is -2.54. The predicted octanol–water partition coefficient (Wildman–Crippen LogP) is 6.55. The highest BCUT2D eigenvalue weighted by atomic mass is 16.7. The number of aliphatic hydroxyl groups excluding tert-OH is 2. The average Bonchev–Trinajstić information content (AvgIpc) is 3.57. The highest BCUT2D eigenvalue weighted by Crippen LogP contribution is 2.55. The Morgan fingerprint density at radius 1 is 0.942 bits per heavy atom. The number of carbonyl (C=O) groups excluding carboxylic acids is 3. The van der Waals surface area contributed by atoms with Gasteiger partial charge in [0, 0.05) is 80.8 Å². The third-order valence-corrected chi connectivity index (χ3v) is 13.8. The number of aliphatic hydroxyl groups is 2. The number of amides is 1. The summed E-state index contributed by atoms with van der Waals surface area (Å²) in [5, 5.41) is 77.3. The van der Waals surface area contributed by atoms with Crippen LogP contribution < -0.4 is 10.1 Å². The van der Waals surface area contributed by atoms with E-state index in [1.165, 1.54) is 59.4 Å². The molecule has 4 aliphatic heterocycles. The van der Waals surface area contributed by atoms with Gasteiger partial charge in [0.15, 0.2) is 5.75 Å². The van der Waals surface area contributed by atoms with E-state index in [0.29, 0.717) is 25.2 Å². The summed E-state index contributed by atoms with van der Waals surface area (Å²) in [5.74, 6) is -8.62. The lowest BCUT2D eigenvalue weighted by Gasteiger charge is -2.42. The largest absolute Gasteiger partial charge is 0.507 e. The number of hydrogen-bond acceptors (Lipinski definition) is 16. The van der Waals surface area contributed by atoms with Crippen LogP contribution in [0.25, 0.3) is 10.8 Å². The van der Waals surface area contributed by atoms with Gasteiger partial charge >= 0.3 is 11.8 Å². The lowest BCUT2D eigenvalue weighted by molar-refractivity contribution is -0.160. The maximum Gasteiger partial charge on any atom is 0.312 e. The first-order valence-electron chi connectivity index (χ1n) is 23.2. The molecule has 0 radical (unpaired) electrons. The topological polar surface area (TPSA) is 244 Å². The van der Waals surface area contributed by atoms with Crippen molar-refractivity contribution in [3.8, 4) is 29.1 Å². The van der Waals surface area contributed by atoms with Gasteiger partial charge < -0.3 is 49.8 Å². The predicted molar refractivity (Wildman–Crippen MR) is 259 cm³/mol. The van der Waals surface area contributed by atoms with Crippen LogP contribution in [0.4, 0.5) is 5.69 Å². The second-order valence-electron chi connectivity index (χ2n) is 18.9. The number of nitriles is 1. The molecule has 1 amide bonds. The summed E-state index contributed by atoms with van der Waals surface area (Å²) in [6, 6.07) is 9.23. The number of phenols is 3. The molecule has 17 heteroatoms. The van der Waals surface area contributed by atoms with Crippen LogP contribution >= 0.6 is 0 Å². The number of phenolic OH excluding ortho intramolecular Hbond substituents is 3. The first kappa shape index (κ1) is 51.9. The van der Waals surface area contributed by atoms with E-state index in [1.54, 1.807) is 52.0 Å². The minimum absolute atomic E-state index is 0.0366. The molecule has 69 heavy (non-hydrogen) atoms. The number of anilines is 1. The molecule has 6 N–H and O–H groups in total. The molecule has 0 saturated carbocycles. The second kappa shape index (κ2) is 21.0. The number of aromatic hydroxyl groups is 3. The van der Waals surface area contributed by atoms with Crippen molar-refractivity contribution in [2.75, 3.05) is 25.5 Å². The van der Waals surface area contributed by atoms with Crippen molar-refractivity contribution in [1.82, 2.24) is 9.91 Å². The monoisotopic (exact) mass is 951 g/mol. The van der Waals surface area contributed by atoms with E-state index < -0.39 is 88.8 Å². The molecule has 370 valence electrons. The maximum absolute atomic E-state index is 14.7. The quantitative estimate of drug-likeness (QED) is 0.0664. The molecule has 5 bridgehead atoms. The zero-order valence-electron chi connectivity index (χ0n) is 41.1. The van der Waals surface area contributed by atoms with E-state index in [-0.39, 0.29) is 56.6 Å². The normalized spacial score (nSPS) is 31.1. The Kier molecular flexibility index (Phi) is 15.8. The Bertz CT molecular complexity index is 2610. The summed E-state index contributed by atoms with van der Waals surface area (Å²) in [6.45, 7) is 18.3. The highest BCUT2D eigenvalue weighted by molar-refractivity contribution is 6.23. The maximum atomic E-state index is 14.7. The van der Waals surface area contributed by atoms with E-state index in [2.05, 4.69) is 16.3 Å². The van der Waals surface area contributed by atoms with E-state index in [1.807, 2.05) is 31.0 Å². The molecular weight excluding hydrogens is 887 g/mol. The van der Waals surface area contributed by atoms with Crippen LogP contribution in [0.5, 0.6) is 23.0 Å². The Morgan fingerprint density at radius 3 is 2.20 bits per heavy atom. The molecule has 4 aliphatic rings. The van der Waals surface area contributed by atoms with Crippen LogP contribution in [0.3, 0.4) is 0 Å². The van der Waals surface area contributed by atoms with Crippen LogP contribution in [-0.2, 0) is 30.3 Å². The molecule has 3 aromatic carbocycles. The second-order valence-corrected chi connectivity index (χ2v) is 18.9. The molecule has 0 spiro atoms. The van der Waals surface area contributed by atoms with Gasteiger partial charge in [-0.25, -0.2) is 0 Å². The fourth-order valence-corrected chi connectivity index (χ4v) is 9.72. The van der Waals surface area contributed by atoms with Gasteiger partial charge in [-0.3, -0.25) is 24.3 Å². The Morgan fingerprint density at radius 2 is 1.59 bits per heavy atom. The van der Waals surface area contributed by atoms with Crippen LogP contribution in [0, 0.1) is 41.9 Å². The number of Topliss-reactive ketones (excluding diaryl/α,β-unsaturated/α-hetero) is 1. The van der Waals surface area contributed by atoms with Gasteiger partial charge in [-0.2, -0.15) is 10.4 Å². The average molecular weight is 952 g/mol. The number of carbonyl (C=O) groups is 3. The molecular formula is C52H65N5O12. The van der Waals surface area contributed by atoms with Gasteiger partial charge in [-0.15, -0.1) is 0 Å². The van der Waals surface area contributed by atoms with Crippen molar-refractivity contribution in [3.05, 3.63) is 88.2 Å². The molecule has 2 unspecified atom stereocenters.